The van der Waals surface area contributed by atoms with E-state index in [9.17, 15) is 9.18 Å². The van der Waals surface area contributed by atoms with Crippen molar-refractivity contribution in [2.45, 2.75) is 26.8 Å². The number of nitrogens with zero attached hydrogens (tertiary/aromatic N) is 2. The van der Waals surface area contributed by atoms with Crippen LogP contribution in [0.4, 0.5) is 15.8 Å². The van der Waals surface area contributed by atoms with Crippen LogP contribution < -0.4 is 10.6 Å². The van der Waals surface area contributed by atoms with Crippen LogP contribution in [0, 0.1) is 5.82 Å². The van der Waals surface area contributed by atoms with E-state index in [1.54, 1.807) is 29.3 Å². The van der Waals surface area contributed by atoms with Gasteiger partial charge in [-0.25, -0.2) is 4.39 Å². The first-order chi connectivity index (χ1) is 10.1. The first-order valence-electron chi connectivity index (χ1n) is 7.09. The Labute approximate surface area is 124 Å². The highest BCUT2D eigenvalue weighted by Crippen LogP contribution is 2.20. The van der Waals surface area contributed by atoms with Crippen LogP contribution in [-0.2, 0) is 6.54 Å². The number of anilines is 2. The third kappa shape index (κ3) is 3.24. The maximum Gasteiger partial charge on any atom is 0.274 e. The molecule has 2 aromatic rings. The van der Waals surface area contributed by atoms with Crippen molar-refractivity contribution in [2.75, 3.05) is 17.2 Å². The first kappa shape index (κ1) is 15.1. The van der Waals surface area contributed by atoms with Crippen LogP contribution in [0.2, 0.25) is 0 Å². The molecule has 0 saturated carbocycles. The van der Waals surface area contributed by atoms with Crippen LogP contribution in [0.25, 0.3) is 0 Å². The monoisotopic (exact) mass is 289 g/mol. The Morgan fingerprint density at radius 1 is 1.33 bits per heavy atom. The van der Waals surface area contributed by atoms with Gasteiger partial charge in [0.1, 0.15) is 11.5 Å². The Morgan fingerprint density at radius 2 is 2.10 bits per heavy atom. The molecule has 2 rings (SSSR count). The molecule has 5 heteroatoms. The maximum absolute atomic E-state index is 13.4. The van der Waals surface area contributed by atoms with Gasteiger partial charge in [-0.05, 0) is 37.6 Å². The number of nitrogen functional groups attached to an aromatic ring is 1. The summed E-state index contributed by atoms with van der Waals surface area (Å²) >= 11 is 0. The van der Waals surface area contributed by atoms with Gasteiger partial charge in [0.2, 0.25) is 0 Å². The minimum Gasteiger partial charge on any atom is -0.397 e. The average molecular weight is 289 g/mol. The van der Waals surface area contributed by atoms with E-state index in [-0.39, 0.29) is 11.7 Å². The van der Waals surface area contributed by atoms with Crippen LogP contribution in [0.15, 0.2) is 36.5 Å². The number of carbonyl (C=O) groups is 1. The van der Waals surface area contributed by atoms with Crippen molar-refractivity contribution in [3.8, 4) is 0 Å². The Balaban J connectivity index is 2.36. The minimum absolute atomic E-state index is 0.173. The van der Waals surface area contributed by atoms with Crippen molar-refractivity contribution >= 4 is 17.3 Å². The van der Waals surface area contributed by atoms with Gasteiger partial charge in [0.25, 0.3) is 5.91 Å². The van der Waals surface area contributed by atoms with Crippen molar-refractivity contribution in [1.29, 1.82) is 0 Å². The molecule has 4 nitrogen and oxygen atoms in total. The number of hydrogen-bond acceptors (Lipinski definition) is 2. The van der Waals surface area contributed by atoms with Gasteiger partial charge in [0, 0.05) is 25.0 Å². The van der Waals surface area contributed by atoms with Crippen LogP contribution in [0.1, 0.15) is 30.8 Å². The second kappa shape index (κ2) is 6.43. The molecule has 0 aliphatic heterocycles. The van der Waals surface area contributed by atoms with Gasteiger partial charge in [-0.3, -0.25) is 4.79 Å². The lowest BCUT2D eigenvalue weighted by Crippen LogP contribution is -2.32. The first-order valence-corrected chi connectivity index (χ1v) is 7.09. The summed E-state index contributed by atoms with van der Waals surface area (Å²) in [5, 5.41) is 0. The molecule has 2 N–H and O–H groups in total. The van der Waals surface area contributed by atoms with Gasteiger partial charge in [-0.1, -0.05) is 13.0 Å². The Bertz CT molecular complexity index is 636. The molecule has 0 saturated heterocycles. The van der Waals surface area contributed by atoms with E-state index < -0.39 is 0 Å². The van der Waals surface area contributed by atoms with Crippen LogP contribution in [0.5, 0.6) is 0 Å². The molecule has 0 aliphatic carbocycles. The van der Waals surface area contributed by atoms with Crippen molar-refractivity contribution in [1.82, 2.24) is 4.57 Å². The smallest absolute Gasteiger partial charge is 0.274 e. The third-order valence-corrected chi connectivity index (χ3v) is 3.28. The van der Waals surface area contributed by atoms with E-state index >= 15 is 0 Å². The van der Waals surface area contributed by atoms with Crippen molar-refractivity contribution in [3.63, 3.8) is 0 Å². The number of carbonyl (C=O) groups excluding carboxylic acids is 1. The molecule has 0 spiro atoms. The lowest BCUT2D eigenvalue weighted by molar-refractivity contribution is 0.0979. The molecular weight excluding hydrogens is 269 g/mol. The molecule has 112 valence electrons. The second-order valence-electron chi connectivity index (χ2n) is 4.88. The van der Waals surface area contributed by atoms with Gasteiger partial charge in [0.15, 0.2) is 0 Å². The van der Waals surface area contributed by atoms with Gasteiger partial charge in [-0.15, -0.1) is 0 Å². The van der Waals surface area contributed by atoms with Gasteiger partial charge in [0.05, 0.1) is 5.69 Å². The van der Waals surface area contributed by atoms with E-state index in [2.05, 4.69) is 0 Å². The van der Waals surface area contributed by atoms with Crippen molar-refractivity contribution < 1.29 is 9.18 Å². The minimum atomic E-state index is -0.359. The van der Waals surface area contributed by atoms with E-state index in [1.807, 2.05) is 18.4 Å². The molecule has 0 fully saturated rings. The molecular formula is C16H20FN3O. The molecule has 1 amide bonds. The zero-order valence-corrected chi connectivity index (χ0v) is 12.3. The highest BCUT2D eigenvalue weighted by Gasteiger charge is 2.20. The highest BCUT2D eigenvalue weighted by atomic mass is 19.1. The fourth-order valence-corrected chi connectivity index (χ4v) is 2.36. The fourth-order valence-electron chi connectivity index (χ4n) is 2.36. The van der Waals surface area contributed by atoms with Crippen LogP contribution >= 0.6 is 0 Å². The molecule has 0 bridgehead atoms. The summed E-state index contributed by atoms with van der Waals surface area (Å²) in [7, 11) is 0. The normalized spacial score (nSPS) is 10.6. The third-order valence-electron chi connectivity index (χ3n) is 3.28. The number of aryl methyl sites for hydroxylation is 1. The maximum atomic E-state index is 13.4. The molecule has 1 aromatic carbocycles. The van der Waals surface area contributed by atoms with Crippen molar-refractivity contribution in [3.05, 3.63) is 48.0 Å². The average Bonchev–Trinajstić information content (AvgIpc) is 2.81. The number of benzene rings is 1. The van der Waals surface area contributed by atoms with E-state index in [1.165, 1.54) is 12.1 Å². The molecule has 0 atom stereocenters. The molecule has 0 aliphatic rings. The highest BCUT2D eigenvalue weighted by molar-refractivity contribution is 6.05. The summed E-state index contributed by atoms with van der Waals surface area (Å²) in [6, 6.07) is 7.71. The van der Waals surface area contributed by atoms with E-state index in [0.29, 0.717) is 23.6 Å². The summed E-state index contributed by atoms with van der Waals surface area (Å²) in [5.74, 6) is -0.532. The summed E-state index contributed by atoms with van der Waals surface area (Å²) in [4.78, 5) is 14.3. The number of nitrogens with two attached hydrogens (primary N) is 1. The van der Waals surface area contributed by atoms with Gasteiger partial charge < -0.3 is 15.2 Å². The Kier molecular flexibility index (Phi) is 4.62. The topological polar surface area (TPSA) is 51.3 Å². The zero-order valence-electron chi connectivity index (χ0n) is 12.3. The summed E-state index contributed by atoms with van der Waals surface area (Å²) < 4.78 is 15.2. The number of aromatic nitrogens is 1. The van der Waals surface area contributed by atoms with Gasteiger partial charge >= 0.3 is 0 Å². The van der Waals surface area contributed by atoms with Crippen molar-refractivity contribution in [2.24, 2.45) is 0 Å². The Hall–Kier alpha value is -2.30. The lowest BCUT2D eigenvalue weighted by atomic mass is 10.2. The quantitative estimate of drug-likeness (QED) is 0.918. The number of amides is 1. The zero-order chi connectivity index (χ0) is 15.4. The van der Waals surface area contributed by atoms with E-state index in [0.717, 1.165) is 13.0 Å². The number of hydrogen-bond donors (Lipinski definition) is 1. The molecule has 21 heavy (non-hydrogen) atoms. The lowest BCUT2D eigenvalue weighted by Gasteiger charge is -2.21. The van der Waals surface area contributed by atoms with Gasteiger partial charge in [-0.2, -0.15) is 0 Å². The standard InChI is InChI=1S/C16H20FN3O/c1-3-8-19-11-13(18)10-15(19)16(21)20(4-2)14-7-5-6-12(17)9-14/h5-7,9-11H,3-4,8,18H2,1-2H3. The van der Waals surface area contributed by atoms with E-state index in [4.69, 9.17) is 5.73 Å². The number of rotatable bonds is 5. The molecule has 1 heterocycles. The Morgan fingerprint density at radius 3 is 2.71 bits per heavy atom. The largest absolute Gasteiger partial charge is 0.397 e. The molecule has 1 aromatic heterocycles. The summed E-state index contributed by atoms with van der Waals surface area (Å²) in [6.45, 7) is 5.08. The summed E-state index contributed by atoms with van der Waals surface area (Å²) in [6.07, 6.45) is 2.66. The van der Waals surface area contributed by atoms with Crippen LogP contribution in [0.3, 0.4) is 0 Å². The van der Waals surface area contributed by atoms with Crippen LogP contribution in [-0.4, -0.2) is 17.0 Å². The SMILES string of the molecule is CCCn1cc(N)cc1C(=O)N(CC)c1cccc(F)c1. The second-order valence-corrected chi connectivity index (χ2v) is 4.88. The fraction of sp³-hybridized carbons (Fsp3) is 0.312. The predicted molar refractivity (Wildman–Crippen MR) is 82.9 cm³/mol. The predicted octanol–water partition coefficient (Wildman–Crippen LogP) is 3.29. The molecule has 0 radical (unpaired) electrons. The summed E-state index contributed by atoms with van der Waals surface area (Å²) in [5.41, 5.74) is 7.43. The molecule has 0 unspecified atom stereocenters. The number of halogens is 1.